The zero-order chi connectivity index (χ0) is 16.2. The van der Waals surface area contributed by atoms with E-state index in [1.807, 2.05) is 0 Å². The number of ketones is 1. The van der Waals surface area contributed by atoms with Gasteiger partial charge < -0.3 is 14.1 Å². The van der Waals surface area contributed by atoms with E-state index in [-0.39, 0.29) is 25.4 Å². The molecule has 7 heteroatoms. The number of nitrogens with one attached hydrogen (secondary N) is 1. The lowest BCUT2D eigenvalue weighted by molar-refractivity contribution is -0.142. The van der Waals surface area contributed by atoms with Crippen LogP contribution in [0.25, 0.3) is 11.1 Å². The van der Waals surface area contributed by atoms with Crippen molar-refractivity contribution in [3.8, 4) is 0 Å². The van der Waals surface area contributed by atoms with Gasteiger partial charge in [-0.05, 0) is 24.3 Å². The van der Waals surface area contributed by atoms with Crippen LogP contribution in [-0.4, -0.2) is 27.9 Å². The molecule has 0 aliphatic heterocycles. The second-order valence-corrected chi connectivity index (χ2v) is 4.90. The second kappa shape index (κ2) is 6.35. The van der Waals surface area contributed by atoms with Crippen molar-refractivity contribution in [3.63, 3.8) is 0 Å². The third-order valence-electron chi connectivity index (χ3n) is 3.38. The van der Waals surface area contributed by atoms with Gasteiger partial charge in [-0.15, -0.1) is 0 Å². The number of ether oxygens (including phenoxy) is 1. The minimum Gasteiger partial charge on any atom is -0.457 e. The molecule has 0 bridgehead atoms. The van der Waals surface area contributed by atoms with E-state index in [9.17, 15) is 14.4 Å². The number of nitrogens with zero attached hydrogens (tertiary/aromatic N) is 1. The van der Waals surface area contributed by atoms with Crippen LogP contribution >= 0.6 is 0 Å². The molecule has 1 aromatic carbocycles. The zero-order valence-electron chi connectivity index (χ0n) is 12.2. The Balaban J connectivity index is 1.57. The number of benzene rings is 1. The highest BCUT2D eigenvalue weighted by atomic mass is 16.5. The molecule has 118 valence electrons. The van der Waals surface area contributed by atoms with E-state index >= 15 is 0 Å². The summed E-state index contributed by atoms with van der Waals surface area (Å²) in [4.78, 5) is 37.9. The zero-order valence-corrected chi connectivity index (χ0v) is 12.2. The van der Waals surface area contributed by atoms with E-state index < -0.39 is 11.7 Å². The van der Waals surface area contributed by atoms with Crippen LogP contribution in [-0.2, 0) is 16.1 Å². The summed E-state index contributed by atoms with van der Waals surface area (Å²) in [6.07, 6.45) is 1.59. The SMILES string of the molecule is O=C(CCn1c(=O)oc2ccccc21)OCC(=O)c1ccc[nH]1. The number of rotatable bonds is 6. The fourth-order valence-electron chi connectivity index (χ4n) is 2.23. The monoisotopic (exact) mass is 314 g/mol. The van der Waals surface area contributed by atoms with Crippen LogP contribution in [0, 0.1) is 0 Å². The Hall–Kier alpha value is -3.09. The maximum Gasteiger partial charge on any atom is 0.419 e. The fourth-order valence-corrected chi connectivity index (χ4v) is 2.23. The van der Waals surface area contributed by atoms with Crippen molar-refractivity contribution >= 4 is 22.9 Å². The van der Waals surface area contributed by atoms with Crippen molar-refractivity contribution in [1.29, 1.82) is 0 Å². The number of aromatic amines is 1. The Kier molecular flexibility index (Phi) is 4.09. The molecule has 0 fully saturated rings. The number of carbonyl (C=O) groups is 2. The number of aryl methyl sites for hydroxylation is 1. The summed E-state index contributed by atoms with van der Waals surface area (Å²) in [5.41, 5.74) is 1.47. The number of hydrogen-bond donors (Lipinski definition) is 1. The Morgan fingerprint density at radius 3 is 2.78 bits per heavy atom. The third-order valence-corrected chi connectivity index (χ3v) is 3.38. The summed E-state index contributed by atoms with van der Waals surface area (Å²) in [7, 11) is 0. The molecular weight excluding hydrogens is 300 g/mol. The van der Waals surface area contributed by atoms with Gasteiger partial charge in [0.2, 0.25) is 5.78 Å². The smallest absolute Gasteiger partial charge is 0.419 e. The van der Waals surface area contributed by atoms with Crippen LogP contribution in [0.4, 0.5) is 0 Å². The van der Waals surface area contributed by atoms with E-state index in [1.54, 1.807) is 42.6 Å². The normalized spacial score (nSPS) is 10.8. The highest BCUT2D eigenvalue weighted by Crippen LogP contribution is 2.12. The first kappa shape index (κ1) is 14.8. The Morgan fingerprint density at radius 2 is 2.00 bits per heavy atom. The van der Waals surface area contributed by atoms with Crippen molar-refractivity contribution < 1.29 is 18.7 Å². The average Bonchev–Trinajstić information content (AvgIpc) is 3.18. The summed E-state index contributed by atoms with van der Waals surface area (Å²) >= 11 is 0. The quantitative estimate of drug-likeness (QED) is 0.552. The standard InChI is InChI=1S/C16H14N2O5/c19-13(11-4-3-8-17-11)10-22-15(20)7-9-18-12-5-1-2-6-14(12)23-16(18)21/h1-6,8,17H,7,9-10H2. The second-order valence-electron chi connectivity index (χ2n) is 4.90. The van der Waals surface area contributed by atoms with Gasteiger partial charge >= 0.3 is 11.7 Å². The molecule has 0 aliphatic carbocycles. The molecule has 0 saturated heterocycles. The molecule has 0 radical (unpaired) electrons. The molecule has 0 spiro atoms. The van der Waals surface area contributed by atoms with Crippen LogP contribution in [0.15, 0.2) is 51.8 Å². The number of fused-ring (bicyclic) bond motifs is 1. The average molecular weight is 314 g/mol. The lowest BCUT2D eigenvalue weighted by Crippen LogP contribution is -2.19. The molecule has 2 aromatic heterocycles. The molecule has 1 N–H and O–H groups in total. The molecule has 0 atom stereocenters. The van der Waals surface area contributed by atoms with Crippen LogP contribution in [0.1, 0.15) is 16.9 Å². The molecule has 23 heavy (non-hydrogen) atoms. The van der Waals surface area contributed by atoms with Gasteiger partial charge in [-0.25, -0.2) is 4.79 Å². The summed E-state index contributed by atoms with van der Waals surface area (Å²) in [5.74, 6) is -1.39. The Labute approximate surface area is 130 Å². The molecule has 0 amide bonds. The number of H-pyrrole nitrogens is 1. The number of esters is 1. The third kappa shape index (κ3) is 3.23. The highest BCUT2D eigenvalue weighted by molar-refractivity contribution is 5.96. The van der Waals surface area contributed by atoms with Gasteiger partial charge in [0.05, 0.1) is 17.6 Å². The van der Waals surface area contributed by atoms with Crippen molar-refractivity contribution in [1.82, 2.24) is 9.55 Å². The van der Waals surface area contributed by atoms with E-state index in [4.69, 9.17) is 9.15 Å². The van der Waals surface area contributed by atoms with Gasteiger partial charge in [-0.1, -0.05) is 12.1 Å². The van der Waals surface area contributed by atoms with Gasteiger partial charge in [-0.2, -0.15) is 0 Å². The number of para-hydroxylation sites is 2. The molecule has 3 rings (SSSR count). The van der Waals surface area contributed by atoms with E-state index in [1.165, 1.54) is 4.57 Å². The molecule has 2 heterocycles. The summed E-state index contributed by atoms with van der Waals surface area (Å²) in [6.45, 7) is -0.203. The topological polar surface area (TPSA) is 94.3 Å². The van der Waals surface area contributed by atoms with Gasteiger partial charge in [0, 0.05) is 12.7 Å². The molecule has 0 aliphatic rings. The van der Waals surface area contributed by atoms with Crippen LogP contribution in [0.5, 0.6) is 0 Å². The minimum atomic E-state index is -0.554. The summed E-state index contributed by atoms with van der Waals surface area (Å²) in [5, 5.41) is 0. The van der Waals surface area contributed by atoms with Gasteiger partial charge in [0.15, 0.2) is 12.2 Å². The first-order valence-corrected chi connectivity index (χ1v) is 7.06. The first-order valence-electron chi connectivity index (χ1n) is 7.06. The fraction of sp³-hybridized carbons (Fsp3) is 0.188. The largest absolute Gasteiger partial charge is 0.457 e. The lowest BCUT2D eigenvalue weighted by Gasteiger charge is -2.04. The first-order chi connectivity index (χ1) is 11.1. The highest BCUT2D eigenvalue weighted by Gasteiger charge is 2.13. The summed E-state index contributed by atoms with van der Waals surface area (Å²) in [6, 6.07) is 10.2. The Morgan fingerprint density at radius 1 is 1.17 bits per heavy atom. The van der Waals surface area contributed by atoms with Gasteiger partial charge in [0.25, 0.3) is 0 Å². The molecular formula is C16H14N2O5. The number of oxazole rings is 1. The molecule has 0 saturated carbocycles. The number of hydrogen-bond acceptors (Lipinski definition) is 5. The maximum atomic E-state index is 11.8. The van der Waals surface area contributed by atoms with Crippen LogP contribution < -0.4 is 5.76 Å². The number of aromatic nitrogens is 2. The van der Waals surface area contributed by atoms with Crippen LogP contribution in [0.2, 0.25) is 0 Å². The van der Waals surface area contributed by atoms with Crippen molar-refractivity contribution in [2.24, 2.45) is 0 Å². The maximum absolute atomic E-state index is 11.8. The predicted molar refractivity (Wildman–Crippen MR) is 81.2 cm³/mol. The number of Topliss-reactive ketones (excluding diaryl/α,β-unsaturated/α-hetero) is 1. The van der Waals surface area contributed by atoms with Gasteiger partial charge in [0.1, 0.15) is 0 Å². The Bertz CT molecular complexity index is 889. The van der Waals surface area contributed by atoms with E-state index in [0.717, 1.165) is 0 Å². The van der Waals surface area contributed by atoms with Crippen LogP contribution in [0.3, 0.4) is 0 Å². The molecule has 0 unspecified atom stereocenters. The van der Waals surface area contributed by atoms with Crippen molar-refractivity contribution in [2.75, 3.05) is 6.61 Å². The predicted octanol–water partition coefficient (Wildman–Crippen LogP) is 1.74. The van der Waals surface area contributed by atoms with Gasteiger partial charge in [-0.3, -0.25) is 14.2 Å². The van der Waals surface area contributed by atoms with Crippen molar-refractivity contribution in [2.45, 2.75) is 13.0 Å². The molecule has 3 aromatic rings. The van der Waals surface area contributed by atoms with E-state index in [0.29, 0.717) is 16.8 Å². The number of carbonyl (C=O) groups excluding carboxylic acids is 2. The summed E-state index contributed by atoms with van der Waals surface area (Å²) < 4.78 is 11.4. The molecule has 7 nitrogen and oxygen atoms in total. The lowest BCUT2D eigenvalue weighted by atomic mass is 10.3. The van der Waals surface area contributed by atoms with Crippen molar-refractivity contribution in [3.05, 3.63) is 58.8 Å². The minimum absolute atomic E-state index is 0.0263. The van der Waals surface area contributed by atoms with E-state index in [2.05, 4.69) is 4.98 Å².